The molecule has 15 heavy (non-hydrogen) atoms. The summed E-state index contributed by atoms with van der Waals surface area (Å²) in [5.74, 6) is 0. The van der Waals surface area contributed by atoms with Gasteiger partial charge in [0.1, 0.15) is 0 Å². The molecule has 2 N–H and O–H groups in total. The molecule has 0 fully saturated rings. The van der Waals surface area contributed by atoms with Crippen LogP contribution in [0, 0.1) is 5.41 Å². The maximum absolute atomic E-state index is 6.00. The molecule has 0 atom stereocenters. The highest BCUT2D eigenvalue weighted by Crippen LogP contribution is 2.40. The number of benzene rings is 1. The predicted molar refractivity (Wildman–Crippen MR) is 64.2 cm³/mol. The first kappa shape index (κ1) is 14.1. The number of hydrogen-bond donors (Lipinski definition) is 2. The van der Waals surface area contributed by atoms with E-state index in [9.17, 15) is 0 Å². The normalized spacial score (nSPS) is 11.7. The smallest absolute Gasteiger partial charge is 0.00551 e. The zero-order chi connectivity index (χ0) is 12.1. The summed E-state index contributed by atoms with van der Waals surface area (Å²) < 4.78 is 0. The first-order valence-corrected chi connectivity index (χ1v) is 5.11. The van der Waals surface area contributed by atoms with Gasteiger partial charge in [0.25, 0.3) is 0 Å². The number of rotatable bonds is 1. The van der Waals surface area contributed by atoms with E-state index >= 15 is 0 Å². The Morgan fingerprint density at radius 3 is 1.53 bits per heavy atom. The highest BCUT2D eigenvalue weighted by Gasteiger charge is 2.33. The minimum atomic E-state index is 0.230. The Morgan fingerprint density at radius 2 is 1.20 bits per heavy atom. The van der Waals surface area contributed by atoms with Gasteiger partial charge in [-0.3, -0.25) is 10.5 Å². The van der Waals surface area contributed by atoms with Crippen molar-refractivity contribution >= 4 is 0 Å². The fourth-order valence-electron chi connectivity index (χ4n) is 1.29. The Hall–Kier alpha value is -0.860. The Kier molecular flexibility index (Phi) is 4.98. The van der Waals surface area contributed by atoms with Crippen molar-refractivity contribution in [2.45, 2.75) is 40.0 Å². The van der Waals surface area contributed by atoms with Crippen LogP contribution in [-0.2, 0) is 5.41 Å². The second kappa shape index (κ2) is 5.29. The molecule has 0 bridgehead atoms. The molecule has 0 aliphatic heterocycles. The Labute approximate surface area is 92.5 Å². The first-order valence-electron chi connectivity index (χ1n) is 5.11. The third kappa shape index (κ3) is 3.33. The third-order valence-corrected chi connectivity index (χ3v) is 3.37. The number of hydrogen-bond acceptors (Lipinski definition) is 2. The fraction of sp³-hybridized carbons (Fsp3) is 0.538. The van der Waals surface area contributed by atoms with Crippen LogP contribution in [0.25, 0.3) is 0 Å². The van der Waals surface area contributed by atoms with E-state index in [0.29, 0.717) is 5.41 Å². The SMILES string of the molecule is CC(C)(C)C(C)(C)c1ccccc1.OO. The first-order chi connectivity index (χ1) is 6.86. The van der Waals surface area contributed by atoms with Crippen molar-refractivity contribution in [1.82, 2.24) is 0 Å². The van der Waals surface area contributed by atoms with Crippen molar-refractivity contribution in [1.29, 1.82) is 0 Å². The molecule has 0 spiro atoms. The van der Waals surface area contributed by atoms with Crippen LogP contribution in [0.4, 0.5) is 0 Å². The minimum absolute atomic E-state index is 0.230. The lowest BCUT2D eigenvalue weighted by Gasteiger charge is -2.39. The predicted octanol–water partition coefficient (Wildman–Crippen LogP) is 4.03. The fourth-order valence-corrected chi connectivity index (χ4v) is 1.29. The standard InChI is InChI=1S/C13H20.H2O2/c1-12(2,3)13(4,5)11-9-7-6-8-10-11;1-2/h6-10H,1-5H3;1-2H. The summed E-state index contributed by atoms with van der Waals surface area (Å²) in [5.41, 5.74) is 1.95. The van der Waals surface area contributed by atoms with Crippen LogP contribution in [0.15, 0.2) is 30.3 Å². The minimum Gasteiger partial charge on any atom is -0.255 e. The van der Waals surface area contributed by atoms with Crippen molar-refractivity contribution < 1.29 is 10.5 Å². The van der Waals surface area contributed by atoms with Gasteiger partial charge in [-0.2, -0.15) is 0 Å². The molecule has 86 valence electrons. The molecule has 2 nitrogen and oxygen atoms in total. The van der Waals surface area contributed by atoms with E-state index in [4.69, 9.17) is 10.5 Å². The van der Waals surface area contributed by atoms with E-state index in [2.05, 4.69) is 65.0 Å². The van der Waals surface area contributed by atoms with Crippen molar-refractivity contribution in [3.8, 4) is 0 Å². The third-order valence-electron chi connectivity index (χ3n) is 3.37. The zero-order valence-corrected chi connectivity index (χ0v) is 10.3. The molecule has 1 rings (SSSR count). The van der Waals surface area contributed by atoms with Gasteiger partial charge in [0, 0.05) is 0 Å². The van der Waals surface area contributed by atoms with Crippen LogP contribution >= 0.6 is 0 Å². The monoisotopic (exact) mass is 210 g/mol. The summed E-state index contributed by atoms with van der Waals surface area (Å²) in [7, 11) is 0. The van der Waals surface area contributed by atoms with Gasteiger partial charge in [-0.05, 0) is 16.4 Å². The zero-order valence-electron chi connectivity index (χ0n) is 10.3. The Bertz CT molecular complexity index is 270. The van der Waals surface area contributed by atoms with E-state index < -0.39 is 0 Å². The summed E-state index contributed by atoms with van der Waals surface area (Å²) in [5, 5.41) is 12.0. The highest BCUT2D eigenvalue weighted by molar-refractivity contribution is 5.25. The summed E-state index contributed by atoms with van der Waals surface area (Å²) in [4.78, 5) is 0. The van der Waals surface area contributed by atoms with Gasteiger partial charge >= 0.3 is 0 Å². The van der Waals surface area contributed by atoms with E-state index in [-0.39, 0.29) is 5.41 Å². The lowest BCUT2D eigenvalue weighted by molar-refractivity contribution is -0.176. The summed E-state index contributed by atoms with van der Waals surface area (Å²) in [6.07, 6.45) is 0. The topological polar surface area (TPSA) is 40.5 Å². The molecule has 0 saturated heterocycles. The van der Waals surface area contributed by atoms with Crippen molar-refractivity contribution in [3.63, 3.8) is 0 Å². The van der Waals surface area contributed by atoms with Gasteiger partial charge in [0.15, 0.2) is 0 Å². The van der Waals surface area contributed by atoms with Gasteiger partial charge in [-0.25, -0.2) is 0 Å². The molecule has 0 aliphatic rings. The van der Waals surface area contributed by atoms with Crippen LogP contribution < -0.4 is 0 Å². The van der Waals surface area contributed by atoms with Gasteiger partial charge in [-0.15, -0.1) is 0 Å². The van der Waals surface area contributed by atoms with Gasteiger partial charge in [0.05, 0.1) is 0 Å². The molecule has 2 heteroatoms. The molecular formula is C13H22O2. The largest absolute Gasteiger partial charge is 0.255 e. The second-order valence-corrected chi connectivity index (χ2v) is 5.24. The van der Waals surface area contributed by atoms with E-state index in [1.54, 1.807) is 0 Å². The summed E-state index contributed by atoms with van der Waals surface area (Å²) in [6, 6.07) is 10.7. The maximum Gasteiger partial charge on any atom is -0.00551 e. The van der Waals surface area contributed by atoms with Crippen LogP contribution in [-0.4, -0.2) is 10.5 Å². The van der Waals surface area contributed by atoms with Gasteiger partial charge < -0.3 is 0 Å². The van der Waals surface area contributed by atoms with Crippen molar-refractivity contribution in [3.05, 3.63) is 35.9 Å². The average Bonchev–Trinajstić information content (AvgIpc) is 2.20. The van der Waals surface area contributed by atoms with Crippen molar-refractivity contribution in [2.75, 3.05) is 0 Å². The lowest BCUT2D eigenvalue weighted by Crippen LogP contribution is -2.33. The molecule has 0 aromatic heterocycles. The summed E-state index contributed by atoms with van der Waals surface area (Å²) >= 11 is 0. The second-order valence-electron chi connectivity index (χ2n) is 5.24. The van der Waals surface area contributed by atoms with Crippen LogP contribution in [0.3, 0.4) is 0 Å². The Morgan fingerprint density at radius 1 is 0.800 bits per heavy atom. The molecule has 1 aromatic carbocycles. The Balaban J connectivity index is 0.000000921. The molecule has 0 aliphatic carbocycles. The van der Waals surface area contributed by atoms with Crippen LogP contribution in [0.1, 0.15) is 40.2 Å². The highest BCUT2D eigenvalue weighted by atomic mass is 17.0. The molecule has 0 unspecified atom stereocenters. The molecule has 0 saturated carbocycles. The van der Waals surface area contributed by atoms with Gasteiger partial charge in [0.2, 0.25) is 0 Å². The average molecular weight is 210 g/mol. The molecule has 0 heterocycles. The van der Waals surface area contributed by atoms with Crippen LogP contribution in [0.5, 0.6) is 0 Å². The van der Waals surface area contributed by atoms with E-state index in [0.717, 1.165) is 0 Å². The van der Waals surface area contributed by atoms with Gasteiger partial charge in [-0.1, -0.05) is 65.0 Å². The quantitative estimate of drug-likeness (QED) is 0.542. The molecular weight excluding hydrogens is 188 g/mol. The molecule has 0 radical (unpaired) electrons. The molecule has 0 amide bonds. The van der Waals surface area contributed by atoms with Crippen molar-refractivity contribution in [2.24, 2.45) is 5.41 Å². The van der Waals surface area contributed by atoms with Crippen LogP contribution in [0.2, 0.25) is 0 Å². The maximum atomic E-state index is 6.00. The lowest BCUT2D eigenvalue weighted by atomic mass is 9.65. The summed E-state index contributed by atoms with van der Waals surface area (Å²) in [6.45, 7) is 11.5. The van der Waals surface area contributed by atoms with E-state index in [1.165, 1.54) is 5.56 Å². The molecule has 1 aromatic rings. The van der Waals surface area contributed by atoms with E-state index in [1.807, 2.05) is 0 Å².